The van der Waals surface area contributed by atoms with Gasteiger partial charge >= 0.3 is 6.03 Å². The number of anilines is 1. The lowest BCUT2D eigenvalue weighted by Crippen LogP contribution is -2.29. The zero-order valence-electron chi connectivity index (χ0n) is 7.76. The number of nitrogens with zero attached hydrogens (tertiary/aromatic N) is 1. The van der Waals surface area contributed by atoms with E-state index in [-0.39, 0.29) is 6.03 Å². The van der Waals surface area contributed by atoms with E-state index >= 15 is 0 Å². The number of carbonyl (C=O) groups excluding carboxylic acids is 1. The Labute approximate surface area is 76.5 Å². The van der Waals surface area contributed by atoms with Crippen molar-refractivity contribution < 1.29 is 9.21 Å². The summed E-state index contributed by atoms with van der Waals surface area (Å²) in [5, 5.41) is 5.21. The summed E-state index contributed by atoms with van der Waals surface area (Å²) in [5.41, 5.74) is 0.673. The third-order valence-electron chi connectivity index (χ3n) is 1.51. The van der Waals surface area contributed by atoms with Gasteiger partial charge in [-0.1, -0.05) is 6.92 Å². The van der Waals surface area contributed by atoms with Crippen LogP contribution in [0.4, 0.5) is 10.7 Å². The number of carbonyl (C=O) groups is 1. The standard InChI is InChI=1S/C8H13N3O2/c1-3-4-9-8(12)11-7-6(2)10-5-13-7/h5H,3-4H2,1-2H3,(H2,9,11,12). The summed E-state index contributed by atoms with van der Waals surface area (Å²) in [5.74, 6) is 0.397. The van der Waals surface area contributed by atoms with E-state index in [0.29, 0.717) is 18.1 Å². The van der Waals surface area contributed by atoms with Crippen LogP contribution in [0.1, 0.15) is 19.0 Å². The molecule has 0 aromatic carbocycles. The van der Waals surface area contributed by atoms with E-state index in [2.05, 4.69) is 15.6 Å². The number of rotatable bonds is 3. The van der Waals surface area contributed by atoms with Gasteiger partial charge in [-0.2, -0.15) is 0 Å². The Morgan fingerprint density at radius 3 is 3.00 bits per heavy atom. The zero-order valence-corrected chi connectivity index (χ0v) is 7.76. The largest absolute Gasteiger partial charge is 0.427 e. The van der Waals surface area contributed by atoms with Crippen LogP contribution in [0, 0.1) is 6.92 Å². The van der Waals surface area contributed by atoms with E-state index in [9.17, 15) is 4.79 Å². The smallest absolute Gasteiger partial charge is 0.321 e. The fourth-order valence-corrected chi connectivity index (χ4v) is 0.808. The molecule has 0 atom stereocenters. The highest BCUT2D eigenvalue weighted by atomic mass is 16.4. The Kier molecular flexibility index (Phi) is 3.31. The molecule has 0 unspecified atom stereocenters. The van der Waals surface area contributed by atoms with Crippen LogP contribution in [0.2, 0.25) is 0 Å². The van der Waals surface area contributed by atoms with Crippen LogP contribution in [0.15, 0.2) is 10.8 Å². The maximum Gasteiger partial charge on any atom is 0.321 e. The Balaban J connectivity index is 2.41. The highest BCUT2D eigenvalue weighted by Crippen LogP contribution is 2.10. The number of urea groups is 1. The molecule has 0 bridgehead atoms. The van der Waals surface area contributed by atoms with Crippen molar-refractivity contribution in [2.75, 3.05) is 11.9 Å². The van der Waals surface area contributed by atoms with E-state index in [1.54, 1.807) is 6.92 Å². The number of nitrogens with one attached hydrogen (secondary N) is 2. The molecule has 2 N–H and O–H groups in total. The molecule has 0 radical (unpaired) electrons. The normalized spacial score (nSPS) is 9.69. The molecule has 5 nitrogen and oxygen atoms in total. The van der Waals surface area contributed by atoms with Gasteiger partial charge in [0.25, 0.3) is 0 Å². The highest BCUT2D eigenvalue weighted by molar-refractivity contribution is 5.88. The first-order chi connectivity index (χ1) is 6.24. The van der Waals surface area contributed by atoms with Crippen molar-refractivity contribution in [3.8, 4) is 0 Å². The second-order valence-electron chi connectivity index (χ2n) is 2.65. The van der Waals surface area contributed by atoms with Gasteiger partial charge in [0, 0.05) is 6.54 Å². The molecule has 0 saturated heterocycles. The van der Waals surface area contributed by atoms with Crippen LogP contribution in [-0.4, -0.2) is 17.6 Å². The number of amides is 2. The van der Waals surface area contributed by atoms with Crippen LogP contribution in [-0.2, 0) is 0 Å². The van der Waals surface area contributed by atoms with Gasteiger partial charge in [0.2, 0.25) is 5.88 Å². The fourth-order valence-electron chi connectivity index (χ4n) is 0.808. The van der Waals surface area contributed by atoms with Gasteiger partial charge < -0.3 is 9.73 Å². The summed E-state index contributed by atoms with van der Waals surface area (Å²) >= 11 is 0. The van der Waals surface area contributed by atoms with Gasteiger partial charge in [-0.25, -0.2) is 9.78 Å². The van der Waals surface area contributed by atoms with Crippen LogP contribution in [0.25, 0.3) is 0 Å². The monoisotopic (exact) mass is 183 g/mol. The predicted molar refractivity (Wildman–Crippen MR) is 48.6 cm³/mol. The summed E-state index contributed by atoms with van der Waals surface area (Å²) in [6.45, 7) is 4.40. The van der Waals surface area contributed by atoms with Gasteiger partial charge in [0.05, 0.1) is 0 Å². The van der Waals surface area contributed by atoms with Crippen LogP contribution in [0.3, 0.4) is 0 Å². The first-order valence-corrected chi connectivity index (χ1v) is 4.19. The van der Waals surface area contributed by atoms with Crippen molar-refractivity contribution >= 4 is 11.9 Å². The first kappa shape index (κ1) is 9.57. The third-order valence-corrected chi connectivity index (χ3v) is 1.51. The van der Waals surface area contributed by atoms with E-state index in [1.165, 1.54) is 6.39 Å². The predicted octanol–water partition coefficient (Wildman–Crippen LogP) is 1.51. The maximum atomic E-state index is 11.1. The molecule has 13 heavy (non-hydrogen) atoms. The summed E-state index contributed by atoms with van der Waals surface area (Å²) in [6.07, 6.45) is 2.20. The quantitative estimate of drug-likeness (QED) is 0.746. The molecule has 2 amide bonds. The van der Waals surface area contributed by atoms with Crippen LogP contribution < -0.4 is 10.6 Å². The lowest BCUT2D eigenvalue weighted by atomic mass is 10.5. The van der Waals surface area contributed by atoms with Crippen molar-refractivity contribution in [1.29, 1.82) is 0 Å². The summed E-state index contributed by atoms with van der Waals surface area (Å²) < 4.78 is 4.93. The number of oxazole rings is 1. The second kappa shape index (κ2) is 4.49. The molecule has 0 aliphatic heterocycles. The topological polar surface area (TPSA) is 67.2 Å². The van der Waals surface area contributed by atoms with Gasteiger partial charge in [-0.3, -0.25) is 5.32 Å². The Morgan fingerprint density at radius 1 is 1.69 bits per heavy atom. The van der Waals surface area contributed by atoms with Crippen LogP contribution in [0.5, 0.6) is 0 Å². The lowest BCUT2D eigenvalue weighted by molar-refractivity contribution is 0.251. The van der Waals surface area contributed by atoms with Crippen molar-refractivity contribution in [2.45, 2.75) is 20.3 Å². The summed E-state index contributed by atoms with van der Waals surface area (Å²) in [6, 6.07) is -0.262. The molecule has 5 heteroatoms. The molecule has 72 valence electrons. The minimum Gasteiger partial charge on any atom is -0.427 e. The molecule has 1 aromatic heterocycles. The highest BCUT2D eigenvalue weighted by Gasteiger charge is 2.06. The zero-order chi connectivity index (χ0) is 9.68. The molecule has 1 rings (SSSR count). The molecule has 0 aliphatic rings. The number of hydrogen-bond donors (Lipinski definition) is 2. The average Bonchev–Trinajstić information content (AvgIpc) is 2.48. The van der Waals surface area contributed by atoms with Crippen LogP contribution >= 0.6 is 0 Å². The third kappa shape index (κ3) is 2.77. The molecule has 0 saturated carbocycles. The molecule has 1 heterocycles. The molecule has 0 aliphatic carbocycles. The minimum absolute atomic E-state index is 0.262. The SMILES string of the molecule is CCCNC(=O)Nc1ocnc1C. The van der Waals surface area contributed by atoms with E-state index in [4.69, 9.17) is 4.42 Å². The van der Waals surface area contributed by atoms with Crippen molar-refractivity contribution in [3.63, 3.8) is 0 Å². The maximum absolute atomic E-state index is 11.1. The number of aromatic nitrogens is 1. The van der Waals surface area contributed by atoms with E-state index in [0.717, 1.165) is 6.42 Å². The molecular formula is C8H13N3O2. The lowest BCUT2D eigenvalue weighted by Gasteiger charge is -2.03. The van der Waals surface area contributed by atoms with Gasteiger partial charge in [0.1, 0.15) is 5.69 Å². The molecular weight excluding hydrogens is 170 g/mol. The van der Waals surface area contributed by atoms with E-state index in [1.807, 2.05) is 6.92 Å². The minimum atomic E-state index is -0.262. The van der Waals surface area contributed by atoms with Crippen molar-refractivity contribution in [3.05, 3.63) is 12.1 Å². The first-order valence-electron chi connectivity index (χ1n) is 4.19. The van der Waals surface area contributed by atoms with Crippen molar-refractivity contribution in [2.24, 2.45) is 0 Å². The number of hydrogen-bond acceptors (Lipinski definition) is 3. The van der Waals surface area contributed by atoms with Gasteiger partial charge in [0.15, 0.2) is 6.39 Å². The Bertz CT molecular complexity index is 283. The molecule has 1 aromatic rings. The summed E-state index contributed by atoms with van der Waals surface area (Å²) in [4.78, 5) is 15.0. The van der Waals surface area contributed by atoms with Crippen molar-refractivity contribution in [1.82, 2.24) is 10.3 Å². The Morgan fingerprint density at radius 2 is 2.46 bits per heavy atom. The van der Waals surface area contributed by atoms with E-state index < -0.39 is 0 Å². The van der Waals surface area contributed by atoms with Gasteiger partial charge in [-0.15, -0.1) is 0 Å². The molecule has 0 spiro atoms. The fraction of sp³-hybridized carbons (Fsp3) is 0.500. The average molecular weight is 183 g/mol. The Hall–Kier alpha value is -1.52. The second-order valence-corrected chi connectivity index (χ2v) is 2.65. The number of aryl methyl sites for hydroxylation is 1. The van der Waals surface area contributed by atoms with Gasteiger partial charge in [-0.05, 0) is 13.3 Å². The summed E-state index contributed by atoms with van der Waals surface area (Å²) in [7, 11) is 0. The molecule has 0 fully saturated rings.